The number of nitrogens with one attached hydrogen (secondary N) is 1. The number of aromatic nitrogens is 3. The molecule has 1 N–H and O–H groups in total. The van der Waals surface area contributed by atoms with Gasteiger partial charge in [-0.05, 0) is 12.1 Å². The van der Waals surface area contributed by atoms with Crippen molar-refractivity contribution in [2.45, 2.75) is 11.3 Å². The zero-order valence-corrected chi connectivity index (χ0v) is 12.3. The molecule has 1 amide bonds. The molecule has 0 radical (unpaired) electrons. The van der Waals surface area contributed by atoms with Gasteiger partial charge in [-0.25, -0.2) is 8.78 Å². The van der Waals surface area contributed by atoms with Crippen molar-refractivity contribution >= 4 is 23.4 Å². The number of nitrogens with zero attached hydrogens (tertiary/aromatic N) is 3. The van der Waals surface area contributed by atoms with Crippen LogP contribution in [0.4, 0.5) is 27.6 Å². The number of thioether (sulfide) groups is 1. The molecule has 0 saturated heterocycles. The van der Waals surface area contributed by atoms with Crippen molar-refractivity contribution in [2.75, 3.05) is 11.1 Å². The quantitative estimate of drug-likeness (QED) is 0.679. The minimum atomic E-state index is -4.65. The standard InChI is InChI=1S/C12H9F5N4OS/c1-21-10(12(15,16)17)19-20-11(21)23-5-9(22)18-8-3-2-6(13)4-7(8)14/h2-4H,5H2,1H3,(H,18,22). The van der Waals surface area contributed by atoms with Crippen LogP contribution in [0, 0.1) is 11.6 Å². The minimum Gasteiger partial charge on any atom is -0.323 e. The summed E-state index contributed by atoms with van der Waals surface area (Å²) in [6.07, 6.45) is -4.65. The summed E-state index contributed by atoms with van der Waals surface area (Å²) in [6.45, 7) is 0. The predicted octanol–water partition coefficient (Wildman–Crippen LogP) is 2.84. The summed E-state index contributed by atoms with van der Waals surface area (Å²) in [4.78, 5) is 11.7. The third kappa shape index (κ3) is 4.18. The topological polar surface area (TPSA) is 59.8 Å². The summed E-state index contributed by atoms with van der Waals surface area (Å²) in [7, 11) is 1.11. The second-order valence-corrected chi connectivity index (χ2v) is 5.27. The number of carbonyl (C=O) groups is 1. The largest absolute Gasteiger partial charge is 0.451 e. The average Bonchev–Trinajstić information content (AvgIpc) is 2.81. The van der Waals surface area contributed by atoms with E-state index in [9.17, 15) is 26.7 Å². The fourth-order valence-electron chi connectivity index (χ4n) is 1.59. The SMILES string of the molecule is Cn1c(SCC(=O)Nc2ccc(F)cc2F)nnc1C(F)(F)F. The van der Waals surface area contributed by atoms with Crippen LogP contribution in [0.2, 0.25) is 0 Å². The molecule has 0 spiro atoms. The van der Waals surface area contributed by atoms with Gasteiger partial charge in [0.15, 0.2) is 5.16 Å². The molecule has 0 atom stereocenters. The van der Waals surface area contributed by atoms with E-state index in [1.807, 2.05) is 0 Å². The number of anilines is 1. The average molecular weight is 352 g/mol. The van der Waals surface area contributed by atoms with E-state index in [0.29, 0.717) is 22.4 Å². The first-order valence-corrected chi connectivity index (χ1v) is 7.01. The van der Waals surface area contributed by atoms with Crippen LogP contribution < -0.4 is 5.32 Å². The van der Waals surface area contributed by atoms with Crippen molar-refractivity contribution in [3.8, 4) is 0 Å². The first kappa shape index (κ1) is 17.2. The molecule has 1 aromatic carbocycles. The van der Waals surface area contributed by atoms with E-state index in [1.54, 1.807) is 0 Å². The molecule has 0 unspecified atom stereocenters. The second-order valence-electron chi connectivity index (χ2n) is 4.32. The molecule has 23 heavy (non-hydrogen) atoms. The van der Waals surface area contributed by atoms with E-state index in [0.717, 1.165) is 19.2 Å². The Labute approximate surface area is 130 Å². The Morgan fingerprint density at radius 1 is 1.30 bits per heavy atom. The number of amides is 1. The highest BCUT2D eigenvalue weighted by atomic mass is 32.2. The normalized spacial score (nSPS) is 11.6. The monoisotopic (exact) mass is 352 g/mol. The van der Waals surface area contributed by atoms with Gasteiger partial charge in [0.2, 0.25) is 11.7 Å². The molecule has 2 aromatic rings. The fraction of sp³-hybridized carbons (Fsp3) is 0.250. The highest BCUT2D eigenvalue weighted by Crippen LogP contribution is 2.29. The summed E-state index contributed by atoms with van der Waals surface area (Å²) in [5, 5.41) is 8.41. The molecule has 0 saturated carbocycles. The van der Waals surface area contributed by atoms with E-state index >= 15 is 0 Å². The van der Waals surface area contributed by atoms with Crippen molar-refractivity contribution in [1.82, 2.24) is 14.8 Å². The summed E-state index contributed by atoms with van der Waals surface area (Å²) in [6, 6.07) is 2.60. The van der Waals surface area contributed by atoms with Crippen molar-refractivity contribution in [3.05, 3.63) is 35.7 Å². The van der Waals surface area contributed by atoms with Crippen molar-refractivity contribution in [3.63, 3.8) is 0 Å². The van der Waals surface area contributed by atoms with Crippen LogP contribution in [0.15, 0.2) is 23.4 Å². The summed E-state index contributed by atoms with van der Waals surface area (Å²) in [5.74, 6) is -3.95. The lowest BCUT2D eigenvalue weighted by atomic mass is 10.3. The van der Waals surface area contributed by atoms with E-state index in [1.165, 1.54) is 0 Å². The number of alkyl halides is 3. The first-order chi connectivity index (χ1) is 10.7. The summed E-state index contributed by atoms with van der Waals surface area (Å²) >= 11 is 0.701. The molecule has 124 valence electrons. The third-order valence-electron chi connectivity index (χ3n) is 2.63. The Balaban J connectivity index is 1.98. The van der Waals surface area contributed by atoms with Crippen molar-refractivity contribution in [1.29, 1.82) is 0 Å². The summed E-state index contributed by atoms with van der Waals surface area (Å²) < 4.78 is 64.4. The van der Waals surface area contributed by atoms with Crippen molar-refractivity contribution < 1.29 is 26.7 Å². The van der Waals surface area contributed by atoms with Crippen LogP contribution in [0.5, 0.6) is 0 Å². The third-order valence-corrected chi connectivity index (χ3v) is 3.65. The van der Waals surface area contributed by atoms with Gasteiger partial charge >= 0.3 is 6.18 Å². The van der Waals surface area contributed by atoms with Gasteiger partial charge < -0.3 is 9.88 Å². The minimum absolute atomic E-state index is 0.118. The van der Waals surface area contributed by atoms with Crippen LogP contribution in [0.1, 0.15) is 5.82 Å². The molecule has 5 nitrogen and oxygen atoms in total. The Bertz CT molecular complexity index is 731. The van der Waals surface area contributed by atoms with Gasteiger partial charge in [0, 0.05) is 13.1 Å². The van der Waals surface area contributed by atoms with Crippen LogP contribution in [0.3, 0.4) is 0 Å². The smallest absolute Gasteiger partial charge is 0.323 e. The van der Waals surface area contributed by atoms with E-state index < -0.39 is 29.5 Å². The molecule has 1 heterocycles. The Morgan fingerprint density at radius 3 is 2.57 bits per heavy atom. The van der Waals surface area contributed by atoms with Gasteiger partial charge in [0.05, 0.1) is 11.4 Å². The lowest BCUT2D eigenvalue weighted by Gasteiger charge is -2.07. The zero-order valence-electron chi connectivity index (χ0n) is 11.5. The molecule has 1 aromatic heterocycles. The Kier molecular flexibility index (Phi) is 4.88. The number of hydrogen-bond acceptors (Lipinski definition) is 4. The molecule has 0 fully saturated rings. The van der Waals surface area contributed by atoms with Crippen LogP contribution >= 0.6 is 11.8 Å². The lowest BCUT2D eigenvalue weighted by Crippen LogP contribution is -2.16. The maximum atomic E-state index is 13.4. The summed E-state index contributed by atoms with van der Waals surface area (Å²) in [5.41, 5.74) is -0.231. The van der Waals surface area contributed by atoms with Gasteiger partial charge in [-0.15, -0.1) is 10.2 Å². The molecular weight excluding hydrogens is 343 g/mol. The number of hydrogen-bond donors (Lipinski definition) is 1. The predicted molar refractivity (Wildman–Crippen MR) is 71.7 cm³/mol. The molecule has 0 aliphatic rings. The number of rotatable bonds is 4. The van der Waals surface area contributed by atoms with Crippen LogP contribution in [-0.4, -0.2) is 26.4 Å². The first-order valence-electron chi connectivity index (χ1n) is 6.03. The maximum Gasteiger partial charge on any atom is 0.451 e. The highest BCUT2D eigenvalue weighted by molar-refractivity contribution is 7.99. The van der Waals surface area contributed by atoms with Gasteiger partial charge in [-0.1, -0.05) is 11.8 Å². The highest BCUT2D eigenvalue weighted by Gasteiger charge is 2.37. The van der Waals surface area contributed by atoms with Crippen molar-refractivity contribution in [2.24, 2.45) is 7.05 Å². The Morgan fingerprint density at radius 2 is 2.00 bits per heavy atom. The maximum absolute atomic E-state index is 13.4. The Hall–Kier alpha value is -2.17. The van der Waals surface area contributed by atoms with Crippen LogP contribution in [-0.2, 0) is 18.0 Å². The van der Waals surface area contributed by atoms with Gasteiger partial charge in [0.1, 0.15) is 11.6 Å². The van der Waals surface area contributed by atoms with Gasteiger partial charge in [-0.2, -0.15) is 13.2 Å². The van der Waals surface area contributed by atoms with E-state index in [4.69, 9.17) is 0 Å². The molecular formula is C12H9F5N4OS. The molecule has 0 aliphatic heterocycles. The number of carbonyl (C=O) groups excluding carboxylic acids is 1. The van der Waals surface area contributed by atoms with E-state index in [-0.39, 0.29) is 16.6 Å². The molecule has 0 bridgehead atoms. The fourth-order valence-corrected chi connectivity index (χ4v) is 2.31. The number of halogens is 5. The second kappa shape index (κ2) is 6.52. The lowest BCUT2D eigenvalue weighted by molar-refractivity contribution is -0.147. The molecule has 2 rings (SSSR count). The number of benzene rings is 1. The van der Waals surface area contributed by atoms with Gasteiger partial charge in [-0.3, -0.25) is 4.79 Å². The van der Waals surface area contributed by atoms with Crippen LogP contribution in [0.25, 0.3) is 0 Å². The van der Waals surface area contributed by atoms with Gasteiger partial charge in [0.25, 0.3) is 0 Å². The van der Waals surface area contributed by atoms with E-state index in [2.05, 4.69) is 15.5 Å². The molecule has 0 aliphatic carbocycles. The zero-order chi connectivity index (χ0) is 17.2. The molecule has 11 heteroatoms.